The molecule has 0 spiro atoms. The average molecular weight is 278 g/mol. The summed E-state index contributed by atoms with van der Waals surface area (Å²) in [6.45, 7) is 9.61. The Morgan fingerprint density at radius 1 is 1.40 bits per heavy atom. The number of carbonyl (C=O) groups is 1. The Bertz CT molecular complexity index is 198. The quantitative estimate of drug-likeness (QED) is 0.707. The molecule has 90 valence electrons. The van der Waals surface area contributed by atoms with Crippen LogP contribution < -0.4 is 0 Å². The van der Waals surface area contributed by atoms with E-state index in [1.54, 1.807) is 4.90 Å². The molecule has 0 aliphatic heterocycles. The molecule has 0 aromatic carbocycles. The van der Waals surface area contributed by atoms with Crippen LogP contribution in [-0.2, 0) is 4.79 Å². The average Bonchev–Trinajstić information content (AvgIpc) is 2.00. The van der Waals surface area contributed by atoms with Crippen molar-refractivity contribution >= 4 is 21.8 Å². The van der Waals surface area contributed by atoms with Gasteiger partial charge in [0.2, 0.25) is 5.91 Å². The van der Waals surface area contributed by atoms with E-state index in [2.05, 4.69) is 43.6 Å². The van der Waals surface area contributed by atoms with Crippen molar-refractivity contribution in [2.75, 3.05) is 18.9 Å². The van der Waals surface area contributed by atoms with Crippen LogP contribution in [-0.4, -0.2) is 29.7 Å². The van der Waals surface area contributed by atoms with Gasteiger partial charge >= 0.3 is 0 Å². The highest BCUT2D eigenvalue weighted by atomic mass is 79.9. The zero-order chi connectivity index (χ0) is 12.1. The van der Waals surface area contributed by atoms with E-state index >= 15 is 0 Å². The standard InChI is InChI=1S/C12H24BrNO/c1-10(9-12(2,3)4)8-11(15)14(5)7-6-13/h10H,6-9H2,1-5H3. The van der Waals surface area contributed by atoms with Gasteiger partial charge in [-0.2, -0.15) is 0 Å². The van der Waals surface area contributed by atoms with Gasteiger partial charge in [-0.1, -0.05) is 43.6 Å². The lowest BCUT2D eigenvalue weighted by Crippen LogP contribution is -2.30. The Labute approximate surface area is 103 Å². The van der Waals surface area contributed by atoms with E-state index < -0.39 is 0 Å². The summed E-state index contributed by atoms with van der Waals surface area (Å²) < 4.78 is 0. The molecule has 0 aliphatic carbocycles. The van der Waals surface area contributed by atoms with Crippen LogP contribution in [0.1, 0.15) is 40.5 Å². The van der Waals surface area contributed by atoms with Gasteiger partial charge in [-0.3, -0.25) is 4.79 Å². The fraction of sp³-hybridized carbons (Fsp3) is 0.917. The number of hydrogen-bond donors (Lipinski definition) is 0. The van der Waals surface area contributed by atoms with Crippen LogP contribution in [0.2, 0.25) is 0 Å². The van der Waals surface area contributed by atoms with Crippen molar-refractivity contribution in [3.63, 3.8) is 0 Å². The molecule has 15 heavy (non-hydrogen) atoms. The first-order valence-electron chi connectivity index (χ1n) is 5.56. The molecule has 0 saturated heterocycles. The summed E-state index contributed by atoms with van der Waals surface area (Å²) in [5.41, 5.74) is 0.313. The molecule has 1 atom stereocenters. The monoisotopic (exact) mass is 277 g/mol. The molecular weight excluding hydrogens is 254 g/mol. The van der Waals surface area contributed by atoms with E-state index in [1.165, 1.54) is 0 Å². The van der Waals surface area contributed by atoms with Crippen LogP contribution in [0.3, 0.4) is 0 Å². The van der Waals surface area contributed by atoms with Crippen LogP contribution in [0.4, 0.5) is 0 Å². The molecule has 2 nitrogen and oxygen atoms in total. The Hall–Kier alpha value is -0.0500. The zero-order valence-corrected chi connectivity index (χ0v) is 12.2. The molecule has 0 fully saturated rings. The molecule has 1 unspecified atom stereocenters. The van der Waals surface area contributed by atoms with Gasteiger partial charge in [0, 0.05) is 25.3 Å². The van der Waals surface area contributed by atoms with Crippen molar-refractivity contribution < 1.29 is 4.79 Å². The SMILES string of the molecule is CC(CC(=O)N(C)CCBr)CC(C)(C)C. The molecule has 0 aromatic rings. The second-order valence-electron chi connectivity index (χ2n) is 5.58. The molecule has 0 aromatic heterocycles. The van der Waals surface area contributed by atoms with E-state index in [9.17, 15) is 4.79 Å². The number of rotatable bonds is 5. The largest absolute Gasteiger partial charge is 0.345 e. The summed E-state index contributed by atoms with van der Waals surface area (Å²) in [6, 6.07) is 0. The summed E-state index contributed by atoms with van der Waals surface area (Å²) in [4.78, 5) is 13.5. The summed E-state index contributed by atoms with van der Waals surface area (Å²) in [5.74, 6) is 0.724. The number of hydrogen-bond acceptors (Lipinski definition) is 1. The van der Waals surface area contributed by atoms with Gasteiger partial charge < -0.3 is 4.90 Å². The fourth-order valence-corrected chi connectivity index (χ4v) is 2.35. The number of halogens is 1. The van der Waals surface area contributed by atoms with Crippen LogP contribution >= 0.6 is 15.9 Å². The topological polar surface area (TPSA) is 20.3 Å². The predicted molar refractivity (Wildman–Crippen MR) is 69.3 cm³/mol. The minimum absolute atomic E-state index is 0.256. The van der Waals surface area contributed by atoms with Gasteiger partial charge in [0.1, 0.15) is 0 Å². The number of carbonyl (C=O) groups excluding carboxylic acids is 1. The predicted octanol–water partition coefficient (Wildman–Crippen LogP) is 3.30. The molecule has 0 bridgehead atoms. The van der Waals surface area contributed by atoms with E-state index in [-0.39, 0.29) is 5.91 Å². The maximum atomic E-state index is 11.7. The molecule has 0 rings (SSSR count). The molecule has 0 radical (unpaired) electrons. The molecule has 3 heteroatoms. The minimum atomic E-state index is 0.256. The van der Waals surface area contributed by atoms with Crippen molar-refractivity contribution in [3.05, 3.63) is 0 Å². The van der Waals surface area contributed by atoms with E-state index in [0.717, 1.165) is 18.3 Å². The lowest BCUT2D eigenvalue weighted by Gasteiger charge is -2.24. The highest BCUT2D eigenvalue weighted by molar-refractivity contribution is 9.09. The first-order valence-corrected chi connectivity index (χ1v) is 6.68. The van der Waals surface area contributed by atoms with Crippen LogP contribution in [0.5, 0.6) is 0 Å². The Morgan fingerprint density at radius 3 is 2.33 bits per heavy atom. The van der Waals surface area contributed by atoms with Crippen molar-refractivity contribution in [1.29, 1.82) is 0 Å². The Kier molecular flexibility index (Phi) is 6.49. The maximum absolute atomic E-state index is 11.7. The normalized spacial score (nSPS) is 13.7. The first-order chi connectivity index (χ1) is 6.76. The molecular formula is C12H24BrNO. The van der Waals surface area contributed by atoms with Crippen molar-refractivity contribution in [2.24, 2.45) is 11.3 Å². The third-order valence-electron chi connectivity index (χ3n) is 2.33. The van der Waals surface area contributed by atoms with Gasteiger partial charge in [0.05, 0.1) is 0 Å². The van der Waals surface area contributed by atoms with E-state index in [0.29, 0.717) is 17.8 Å². The van der Waals surface area contributed by atoms with Crippen LogP contribution in [0.25, 0.3) is 0 Å². The van der Waals surface area contributed by atoms with Gasteiger partial charge in [0.15, 0.2) is 0 Å². The summed E-state index contributed by atoms with van der Waals surface area (Å²) in [6.07, 6.45) is 1.77. The second kappa shape index (κ2) is 6.51. The van der Waals surface area contributed by atoms with E-state index in [1.807, 2.05) is 7.05 Å². The lowest BCUT2D eigenvalue weighted by atomic mass is 9.84. The van der Waals surface area contributed by atoms with Gasteiger partial charge in [-0.25, -0.2) is 0 Å². The number of alkyl halides is 1. The highest BCUT2D eigenvalue weighted by Gasteiger charge is 2.19. The third-order valence-corrected chi connectivity index (χ3v) is 2.68. The summed E-state index contributed by atoms with van der Waals surface area (Å²) in [5, 5.41) is 0.850. The molecule has 1 amide bonds. The second-order valence-corrected chi connectivity index (χ2v) is 6.37. The van der Waals surface area contributed by atoms with Gasteiger partial charge in [-0.15, -0.1) is 0 Å². The van der Waals surface area contributed by atoms with E-state index in [4.69, 9.17) is 0 Å². The van der Waals surface area contributed by atoms with Gasteiger partial charge in [-0.05, 0) is 17.8 Å². The fourth-order valence-electron chi connectivity index (χ4n) is 1.82. The lowest BCUT2D eigenvalue weighted by molar-refractivity contribution is -0.130. The third kappa shape index (κ3) is 7.83. The molecule has 0 heterocycles. The first kappa shape index (κ1) is 14.9. The molecule has 0 N–H and O–H groups in total. The van der Waals surface area contributed by atoms with Crippen LogP contribution in [0.15, 0.2) is 0 Å². The Morgan fingerprint density at radius 2 is 1.93 bits per heavy atom. The van der Waals surface area contributed by atoms with Crippen molar-refractivity contribution in [3.8, 4) is 0 Å². The van der Waals surface area contributed by atoms with Crippen molar-refractivity contribution in [1.82, 2.24) is 4.90 Å². The van der Waals surface area contributed by atoms with Crippen LogP contribution in [0, 0.1) is 11.3 Å². The summed E-state index contributed by atoms with van der Waals surface area (Å²) in [7, 11) is 1.87. The highest BCUT2D eigenvalue weighted by Crippen LogP contribution is 2.26. The number of nitrogens with zero attached hydrogens (tertiary/aromatic N) is 1. The summed E-state index contributed by atoms with van der Waals surface area (Å²) >= 11 is 3.34. The molecule has 0 aliphatic rings. The van der Waals surface area contributed by atoms with Crippen molar-refractivity contribution in [2.45, 2.75) is 40.5 Å². The smallest absolute Gasteiger partial charge is 0.222 e. The zero-order valence-electron chi connectivity index (χ0n) is 10.6. The molecule has 0 saturated carbocycles. The van der Waals surface area contributed by atoms with Gasteiger partial charge in [0.25, 0.3) is 0 Å². The maximum Gasteiger partial charge on any atom is 0.222 e. The Balaban J connectivity index is 3.96. The minimum Gasteiger partial charge on any atom is -0.345 e. The number of amides is 1.